The fraction of sp³-hybridized carbons (Fsp3) is 0.200. The maximum absolute atomic E-state index is 10.7. The molecule has 0 unspecified atom stereocenters. The number of aromatic nitrogens is 2. The van der Waals surface area contributed by atoms with Crippen molar-refractivity contribution in [3.63, 3.8) is 0 Å². The molecule has 0 saturated carbocycles. The molecule has 0 fully saturated rings. The predicted octanol–water partition coefficient (Wildman–Crippen LogP) is -0.320. The highest BCUT2D eigenvalue weighted by atomic mass is 32.2. The van der Waals surface area contributed by atoms with E-state index in [1.54, 1.807) is 0 Å². The monoisotopic (exact) mass is 157 g/mol. The van der Waals surface area contributed by atoms with Crippen LogP contribution < -0.4 is 0 Å². The third-order valence-electron chi connectivity index (χ3n) is 0.935. The highest BCUT2D eigenvalue weighted by molar-refractivity contribution is 7.90. The third-order valence-corrected chi connectivity index (χ3v) is 2.01. The molecule has 1 radical (unpaired) electrons. The van der Waals surface area contributed by atoms with Crippen LogP contribution in [0.5, 0.6) is 0 Å². The van der Waals surface area contributed by atoms with E-state index in [0.29, 0.717) is 0 Å². The van der Waals surface area contributed by atoms with E-state index in [0.717, 1.165) is 6.26 Å². The van der Waals surface area contributed by atoms with Gasteiger partial charge in [-0.25, -0.2) is 8.42 Å². The summed E-state index contributed by atoms with van der Waals surface area (Å²) in [6, 6.07) is 1.28. The van der Waals surface area contributed by atoms with E-state index in [4.69, 9.17) is 0 Å². The van der Waals surface area contributed by atoms with E-state index < -0.39 is 9.84 Å². The molecule has 0 bridgehead atoms. The van der Waals surface area contributed by atoms with Gasteiger partial charge in [0.05, 0.1) is 11.1 Å². The van der Waals surface area contributed by atoms with Crippen molar-refractivity contribution in [2.24, 2.45) is 0 Å². The Kier molecular flexibility index (Phi) is 1.67. The van der Waals surface area contributed by atoms with Crippen molar-refractivity contribution in [2.75, 3.05) is 6.26 Å². The molecule has 1 aromatic heterocycles. The van der Waals surface area contributed by atoms with E-state index in [1.807, 2.05) is 0 Å². The second-order valence-corrected chi connectivity index (χ2v) is 3.81. The van der Waals surface area contributed by atoms with Crippen molar-refractivity contribution in [3.05, 3.63) is 18.5 Å². The zero-order valence-corrected chi connectivity index (χ0v) is 6.09. The van der Waals surface area contributed by atoms with E-state index in [-0.39, 0.29) is 4.90 Å². The molecular weight excluding hydrogens is 152 g/mol. The lowest BCUT2D eigenvalue weighted by molar-refractivity contribution is 0.601. The van der Waals surface area contributed by atoms with Gasteiger partial charge >= 0.3 is 0 Å². The molecule has 53 valence electrons. The average molecular weight is 157 g/mol. The molecule has 0 aliphatic heterocycles. The first-order valence-corrected chi connectivity index (χ1v) is 4.38. The van der Waals surface area contributed by atoms with Crippen molar-refractivity contribution in [3.8, 4) is 0 Å². The second kappa shape index (κ2) is 2.34. The number of nitrogens with zero attached hydrogens (tertiary/aromatic N) is 2. The topological polar surface area (TPSA) is 59.9 Å². The first-order chi connectivity index (χ1) is 4.61. The van der Waals surface area contributed by atoms with Crippen LogP contribution in [0.1, 0.15) is 0 Å². The summed E-state index contributed by atoms with van der Waals surface area (Å²) in [5, 5.41) is 6.69. The van der Waals surface area contributed by atoms with Crippen LogP contribution in [-0.4, -0.2) is 24.9 Å². The molecule has 10 heavy (non-hydrogen) atoms. The Balaban J connectivity index is 3.22. The van der Waals surface area contributed by atoms with Crippen LogP contribution in [0.25, 0.3) is 0 Å². The van der Waals surface area contributed by atoms with Crippen molar-refractivity contribution in [2.45, 2.75) is 4.90 Å². The van der Waals surface area contributed by atoms with Gasteiger partial charge in [-0.2, -0.15) is 5.10 Å². The third kappa shape index (κ3) is 1.51. The Labute approximate surface area is 58.8 Å². The summed E-state index contributed by atoms with van der Waals surface area (Å²) < 4.78 is 21.5. The van der Waals surface area contributed by atoms with Crippen molar-refractivity contribution in [1.29, 1.82) is 0 Å². The molecule has 4 nitrogen and oxygen atoms in total. The van der Waals surface area contributed by atoms with Crippen LogP contribution in [-0.2, 0) is 9.84 Å². The normalized spacial score (nSPS) is 11.3. The van der Waals surface area contributed by atoms with Gasteiger partial charge in [0.1, 0.15) is 6.20 Å². The largest absolute Gasteiger partial charge is 0.224 e. The summed E-state index contributed by atoms with van der Waals surface area (Å²) in [6.07, 6.45) is 4.62. The molecule has 1 heterocycles. The lowest BCUT2D eigenvalue weighted by Crippen LogP contribution is -1.97. The van der Waals surface area contributed by atoms with Crippen molar-refractivity contribution in [1.82, 2.24) is 10.2 Å². The molecule has 0 aromatic carbocycles. The molecule has 0 aliphatic carbocycles. The van der Waals surface area contributed by atoms with Gasteiger partial charge in [0, 0.05) is 6.26 Å². The first-order valence-electron chi connectivity index (χ1n) is 2.49. The number of rotatable bonds is 1. The maximum Gasteiger partial charge on any atom is 0.177 e. The molecule has 1 aromatic rings. The molecule has 0 N–H and O–H groups in total. The Morgan fingerprint density at radius 3 is 2.60 bits per heavy atom. The molecule has 5 heteroatoms. The Bertz CT molecular complexity index is 306. The number of hydrogen-bond donors (Lipinski definition) is 0. The zero-order valence-electron chi connectivity index (χ0n) is 5.27. The average Bonchev–Trinajstić information content (AvgIpc) is 1.88. The van der Waals surface area contributed by atoms with Gasteiger partial charge in [-0.3, -0.25) is 0 Å². The Hall–Kier alpha value is -0.970. The molecule has 0 atom stereocenters. The van der Waals surface area contributed by atoms with Crippen LogP contribution >= 0.6 is 0 Å². The SMILES string of the molecule is CS(=O)(=O)c1c[c]nnc1. The van der Waals surface area contributed by atoms with Gasteiger partial charge in [-0.1, -0.05) is 0 Å². The molecular formula is C5H5N2O2S. The smallest absolute Gasteiger partial charge is 0.177 e. The first kappa shape index (κ1) is 7.14. The fourth-order valence-corrected chi connectivity index (χ4v) is 0.957. The van der Waals surface area contributed by atoms with Crippen molar-refractivity contribution < 1.29 is 8.42 Å². The van der Waals surface area contributed by atoms with Crippen molar-refractivity contribution >= 4 is 9.84 Å². The minimum absolute atomic E-state index is 0.141. The quantitative estimate of drug-likeness (QED) is 0.560. The van der Waals surface area contributed by atoms with Gasteiger partial charge in [0.2, 0.25) is 0 Å². The minimum Gasteiger partial charge on any atom is -0.224 e. The van der Waals surface area contributed by atoms with E-state index in [1.165, 1.54) is 12.3 Å². The summed E-state index contributed by atoms with van der Waals surface area (Å²) in [4.78, 5) is 0.141. The van der Waals surface area contributed by atoms with E-state index in [9.17, 15) is 8.42 Å². The lowest BCUT2D eigenvalue weighted by Gasteiger charge is -1.91. The summed E-state index contributed by atoms with van der Waals surface area (Å²) in [5.74, 6) is 0. The van der Waals surface area contributed by atoms with Gasteiger partial charge < -0.3 is 0 Å². The summed E-state index contributed by atoms with van der Waals surface area (Å²) in [7, 11) is -3.14. The lowest BCUT2D eigenvalue weighted by atomic mass is 10.6. The molecule has 0 spiro atoms. The van der Waals surface area contributed by atoms with Crippen LogP contribution in [0.4, 0.5) is 0 Å². The van der Waals surface area contributed by atoms with Gasteiger partial charge in [-0.15, -0.1) is 5.10 Å². The van der Waals surface area contributed by atoms with E-state index in [2.05, 4.69) is 16.4 Å². The molecule has 1 rings (SSSR count). The Morgan fingerprint density at radius 1 is 1.60 bits per heavy atom. The van der Waals surface area contributed by atoms with Gasteiger partial charge in [0.25, 0.3) is 0 Å². The highest BCUT2D eigenvalue weighted by Gasteiger charge is 2.04. The summed E-state index contributed by atoms with van der Waals surface area (Å²) in [6.45, 7) is 0. The number of hydrogen-bond acceptors (Lipinski definition) is 4. The van der Waals surface area contributed by atoms with Crippen LogP contribution in [0.3, 0.4) is 0 Å². The molecule has 0 saturated heterocycles. The molecule has 0 amide bonds. The molecule has 0 aliphatic rings. The standard InChI is InChI=1S/C5H5N2O2S/c1-10(8,9)5-2-3-6-7-4-5/h2,4H,1H3. The van der Waals surface area contributed by atoms with Crippen LogP contribution in [0.2, 0.25) is 0 Å². The maximum atomic E-state index is 10.7. The zero-order chi connectivity index (χ0) is 7.61. The predicted molar refractivity (Wildman–Crippen MR) is 34.0 cm³/mol. The second-order valence-electron chi connectivity index (χ2n) is 1.79. The highest BCUT2D eigenvalue weighted by Crippen LogP contribution is 2.01. The summed E-state index contributed by atoms with van der Waals surface area (Å²) >= 11 is 0. The van der Waals surface area contributed by atoms with Gasteiger partial charge in [-0.05, 0) is 6.07 Å². The van der Waals surface area contributed by atoms with Crippen LogP contribution in [0.15, 0.2) is 17.2 Å². The van der Waals surface area contributed by atoms with E-state index >= 15 is 0 Å². The minimum atomic E-state index is -3.14. The Morgan fingerprint density at radius 2 is 2.30 bits per heavy atom. The number of sulfone groups is 1. The van der Waals surface area contributed by atoms with Crippen LogP contribution in [0, 0.1) is 6.20 Å². The fourth-order valence-electron chi connectivity index (χ4n) is 0.452. The summed E-state index contributed by atoms with van der Waals surface area (Å²) in [5.41, 5.74) is 0. The van der Waals surface area contributed by atoms with Gasteiger partial charge in [0.15, 0.2) is 9.84 Å².